The molecule has 2 saturated heterocycles. The predicted molar refractivity (Wildman–Crippen MR) is 69.7 cm³/mol. The number of carbonyl (C=O) groups excluding carboxylic acids is 1. The van der Waals surface area contributed by atoms with Crippen LogP contribution in [0.1, 0.15) is 28.9 Å². The monoisotopic (exact) mass is 269 g/mol. The molecule has 2 N–H and O–H groups in total. The van der Waals surface area contributed by atoms with Gasteiger partial charge in [-0.1, -0.05) is 11.8 Å². The molecule has 0 radical (unpaired) electrons. The van der Waals surface area contributed by atoms with Gasteiger partial charge in [-0.3, -0.25) is 4.79 Å². The lowest BCUT2D eigenvalue weighted by atomic mass is 9.95. The molecule has 3 atom stereocenters. The smallest absolute Gasteiger partial charge is 0.263 e. The molecule has 92 valence electrons. The van der Waals surface area contributed by atoms with Gasteiger partial charge in [0.1, 0.15) is 9.22 Å². The lowest BCUT2D eigenvalue weighted by Gasteiger charge is -2.20. The summed E-state index contributed by atoms with van der Waals surface area (Å²) in [7, 11) is 0. The predicted octanol–water partition coefficient (Wildman–Crippen LogP) is 1.49. The molecule has 1 aromatic heterocycles. The fraction of sp³-hybridized carbons (Fsp3) is 0.636. The second-order valence-electron chi connectivity index (χ2n) is 4.56. The van der Waals surface area contributed by atoms with E-state index in [1.165, 1.54) is 24.2 Å². The Hall–Kier alpha value is -0.590. The van der Waals surface area contributed by atoms with E-state index in [1.807, 2.05) is 6.26 Å². The van der Waals surface area contributed by atoms with Gasteiger partial charge in [0, 0.05) is 18.1 Å². The summed E-state index contributed by atoms with van der Waals surface area (Å²) >= 11 is 3.04. The van der Waals surface area contributed by atoms with Crippen molar-refractivity contribution in [2.45, 2.75) is 41.7 Å². The zero-order valence-corrected chi connectivity index (χ0v) is 11.2. The van der Waals surface area contributed by atoms with Gasteiger partial charge in [0.15, 0.2) is 0 Å². The number of hydrogen-bond acceptors (Lipinski definition) is 5. The zero-order chi connectivity index (χ0) is 11.8. The number of amides is 1. The van der Waals surface area contributed by atoms with Gasteiger partial charge in [0.2, 0.25) is 0 Å². The van der Waals surface area contributed by atoms with Gasteiger partial charge in [0.05, 0.1) is 6.20 Å². The van der Waals surface area contributed by atoms with Crippen LogP contribution in [-0.4, -0.2) is 35.3 Å². The van der Waals surface area contributed by atoms with Crippen molar-refractivity contribution in [3.8, 4) is 0 Å². The normalized spacial score (nSPS) is 30.8. The third kappa shape index (κ3) is 2.21. The van der Waals surface area contributed by atoms with Crippen LogP contribution in [0.3, 0.4) is 0 Å². The highest BCUT2D eigenvalue weighted by molar-refractivity contribution is 8.00. The summed E-state index contributed by atoms with van der Waals surface area (Å²) in [5.74, 6) is 0.0298. The topological polar surface area (TPSA) is 54.0 Å². The Kier molecular flexibility index (Phi) is 3.10. The van der Waals surface area contributed by atoms with Gasteiger partial charge in [0.25, 0.3) is 5.91 Å². The first kappa shape index (κ1) is 11.5. The molecule has 2 aliphatic rings. The molecule has 1 aromatic rings. The van der Waals surface area contributed by atoms with Gasteiger partial charge >= 0.3 is 0 Å². The van der Waals surface area contributed by atoms with Crippen molar-refractivity contribution < 1.29 is 4.79 Å². The molecular formula is C11H15N3OS2. The zero-order valence-electron chi connectivity index (χ0n) is 9.60. The van der Waals surface area contributed by atoms with Gasteiger partial charge < -0.3 is 10.6 Å². The van der Waals surface area contributed by atoms with E-state index in [9.17, 15) is 4.79 Å². The maximum atomic E-state index is 12.0. The first-order valence-corrected chi connectivity index (χ1v) is 7.87. The number of nitrogens with one attached hydrogen (secondary N) is 2. The van der Waals surface area contributed by atoms with Crippen LogP contribution >= 0.6 is 23.1 Å². The summed E-state index contributed by atoms with van der Waals surface area (Å²) in [5.41, 5.74) is 0. The van der Waals surface area contributed by atoms with Gasteiger partial charge in [-0.05, 0) is 25.5 Å². The van der Waals surface area contributed by atoms with Crippen molar-refractivity contribution in [2.75, 3.05) is 6.26 Å². The Morgan fingerprint density at radius 2 is 2.53 bits per heavy atom. The molecule has 17 heavy (non-hydrogen) atoms. The Balaban J connectivity index is 1.63. The van der Waals surface area contributed by atoms with Crippen molar-refractivity contribution in [3.05, 3.63) is 11.1 Å². The summed E-state index contributed by atoms with van der Waals surface area (Å²) in [5, 5.41) is 6.64. The number of carbonyl (C=O) groups is 1. The average Bonchev–Trinajstić information content (AvgIpc) is 3.04. The molecule has 0 unspecified atom stereocenters. The van der Waals surface area contributed by atoms with E-state index < -0.39 is 0 Å². The number of thiazole rings is 1. The second-order valence-corrected chi connectivity index (χ2v) is 6.64. The number of aromatic nitrogens is 1. The van der Waals surface area contributed by atoms with E-state index in [4.69, 9.17) is 0 Å². The number of thioether (sulfide) groups is 1. The molecule has 0 saturated carbocycles. The molecule has 2 fully saturated rings. The summed E-state index contributed by atoms with van der Waals surface area (Å²) in [6.07, 6.45) is 7.17. The largest absolute Gasteiger partial charge is 0.347 e. The number of nitrogens with zero attached hydrogens (tertiary/aromatic N) is 1. The van der Waals surface area contributed by atoms with Crippen LogP contribution in [0.25, 0.3) is 0 Å². The SMILES string of the molecule is CSc1ncc(C(=O)N[C@@H]2C[C@H]3CC[C@@H]2N3)s1. The molecule has 3 rings (SSSR count). The molecule has 0 aromatic carbocycles. The molecule has 6 heteroatoms. The Labute approximate surface area is 109 Å². The van der Waals surface area contributed by atoms with Crippen LogP contribution in [0.4, 0.5) is 0 Å². The van der Waals surface area contributed by atoms with Crippen molar-refractivity contribution in [2.24, 2.45) is 0 Å². The lowest BCUT2D eigenvalue weighted by Crippen LogP contribution is -2.42. The van der Waals surface area contributed by atoms with Crippen LogP contribution in [0.15, 0.2) is 10.5 Å². The van der Waals surface area contributed by atoms with E-state index in [0.717, 1.165) is 15.6 Å². The Bertz CT molecular complexity index is 434. The quantitative estimate of drug-likeness (QED) is 0.816. The molecule has 0 aliphatic carbocycles. The summed E-state index contributed by atoms with van der Waals surface area (Å²) < 4.78 is 0.946. The van der Waals surface area contributed by atoms with E-state index in [0.29, 0.717) is 18.1 Å². The Morgan fingerprint density at radius 3 is 3.12 bits per heavy atom. The Morgan fingerprint density at radius 1 is 1.65 bits per heavy atom. The number of hydrogen-bond donors (Lipinski definition) is 2. The van der Waals surface area contributed by atoms with E-state index in [1.54, 1.807) is 18.0 Å². The maximum absolute atomic E-state index is 12.0. The molecule has 4 nitrogen and oxygen atoms in total. The number of rotatable bonds is 3. The minimum Gasteiger partial charge on any atom is -0.347 e. The second kappa shape index (κ2) is 4.59. The highest BCUT2D eigenvalue weighted by Crippen LogP contribution is 2.29. The first-order valence-electron chi connectivity index (χ1n) is 5.83. The van der Waals surface area contributed by atoms with Crippen LogP contribution in [0.2, 0.25) is 0 Å². The van der Waals surface area contributed by atoms with Crippen molar-refractivity contribution in [1.29, 1.82) is 0 Å². The summed E-state index contributed by atoms with van der Waals surface area (Å²) in [4.78, 5) is 16.9. The highest BCUT2D eigenvalue weighted by Gasteiger charge is 2.39. The maximum Gasteiger partial charge on any atom is 0.263 e. The van der Waals surface area contributed by atoms with Gasteiger partial charge in [-0.2, -0.15) is 0 Å². The van der Waals surface area contributed by atoms with Crippen LogP contribution in [0.5, 0.6) is 0 Å². The van der Waals surface area contributed by atoms with E-state index >= 15 is 0 Å². The van der Waals surface area contributed by atoms with E-state index in [2.05, 4.69) is 15.6 Å². The molecule has 2 aliphatic heterocycles. The summed E-state index contributed by atoms with van der Waals surface area (Å²) in [6.45, 7) is 0. The molecule has 1 amide bonds. The van der Waals surface area contributed by atoms with Crippen molar-refractivity contribution in [1.82, 2.24) is 15.6 Å². The molecule has 0 spiro atoms. The minimum absolute atomic E-state index is 0.0298. The summed E-state index contributed by atoms with van der Waals surface area (Å²) in [6, 6.07) is 1.41. The fourth-order valence-corrected chi connectivity index (χ4v) is 3.99. The first-order chi connectivity index (χ1) is 8.26. The lowest BCUT2D eigenvalue weighted by molar-refractivity contribution is 0.0935. The standard InChI is InChI=1S/C11H15N3OS2/c1-16-11-12-5-9(17-11)10(15)14-8-4-6-2-3-7(8)13-6/h5-8,13H,2-4H2,1H3,(H,14,15)/t6-,7+,8-/m1/s1. The van der Waals surface area contributed by atoms with Crippen molar-refractivity contribution >= 4 is 29.0 Å². The van der Waals surface area contributed by atoms with Crippen molar-refractivity contribution in [3.63, 3.8) is 0 Å². The van der Waals surface area contributed by atoms with E-state index in [-0.39, 0.29) is 5.91 Å². The van der Waals surface area contributed by atoms with Gasteiger partial charge in [-0.15, -0.1) is 11.3 Å². The molecule has 2 bridgehead atoms. The highest BCUT2D eigenvalue weighted by atomic mass is 32.2. The van der Waals surface area contributed by atoms with Crippen LogP contribution in [-0.2, 0) is 0 Å². The number of fused-ring (bicyclic) bond motifs is 2. The van der Waals surface area contributed by atoms with Crippen LogP contribution < -0.4 is 10.6 Å². The molecule has 3 heterocycles. The fourth-order valence-electron chi connectivity index (χ4n) is 2.68. The van der Waals surface area contributed by atoms with Gasteiger partial charge in [-0.25, -0.2) is 4.98 Å². The average molecular weight is 269 g/mol. The third-order valence-electron chi connectivity index (χ3n) is 3.50. The van der Waals surface area contributed by atoms with Crippen LogP contribution in [0, 0.1) is 0 Å². The third-order valence-corrected chi connectivity index (χ3v) is 5.49. The minimum atomic E-state index is 0.0298. The molecular weight excluding hydrogens is 254 g/mol.